The highest BCUT2D eigenvalue weighted by Gasteiger charge is 2.14. The Morgan fingerprint density at radius 1 is 1.45 bits per heavy atom. The average molecular weight is 276 g/mol. The van der Waals surface area contributed by atoms with Crippen LogP contribution in [0.25, 0.3) is 0 Å². The van der Waals surface area contributed by atoms with Crippen LogP contribution >= 0.6 is 0 Å². The minimum Gasteiger partial charge on any atom is -0.465 e. The van der Waals surface area contributed by atoms with E-state index in [1.165, 1.54) is 19.2 Å². The monoisotopic (exact) mass is 276 g/mol. The molecule has 1 aromatic heterocycles. The first kappa shape index (κ1) is 13.9. The summed E-state index contributed by atoms with van der Waals surface area (Å²) in [6.45, 7) is 2.05. The first-order valence-electron chi connectivity index (χ1n) is 5.91. The van der Waals surface area contributed by atoms with Crippen LogP contribution < -0.4 is 0 Å². The van der Waals surface area contributed by atoms with E-state index in [4.69, 9.17) is 0 Å². The highest BCUT2D eigenvalue weighted by molar-refractivity contribution is 5.91. The summed E-state index contributed by atoms with van der Waals surface area (Å²) < 4.78 is 19.5. The summed E-state index contributed by atoms with van der Waals surface area (Å²) >= 11 is 0. The summed E-state index contributed by atoms with van der Waals surface area (Å²) in [6.07, 6.45) is 0.648. The molecule has 0 N–H and O–H groups in total. The highest BCUT2D eigenvalue weighted by Crippen LogP contribution is 2.15. The molecule has 0 unspecified atom stereocenters. The van der Waals surface area contributed by atoms with Gasteiger partial charge >= 0.3 is 5.97 Å². The smallest absolute Gasteiger partial charge is 0.338 e. The van der Waals surface area contributed by atoms with Gasteiger partial charge in [0.15, 0.2) is 6.29 Å². The van der Waals surface area contributed by atoms with Gasteiger partial charge in [-0.2, -0.15) is 5.10 Å². The Morgan fingerprint density at radius 3 is 2.80 bits per heavy atom. The zero-order valence-corrected chi connectivity index (χ0v) is 11.1. The zero-order chi connectivity index (χ0) is 14.7. The van der Waals surface area contributed by atoms with E-state index in [-0.39, 0.29) is 12.1 Å². The molecule has 2 aromatic rings. The lowest BCUT2D eigenvalue weighted by Gasteiger charge is -2.09. The minimum atomic E-state index is -0.611. The second-order valence-corrected chi connectivity index (χ2v) is 4.28. The summed E-state index contributed by atoms with van der Waals surface area (Å²) in [5.41, 5.74) is 1.80. The Labute approximate surface area is 115 Å². The van der Waals surface area contributed by atoms with Gasteiger partial charge in [0.25, 0.3) is 0 Å². The fourth-order valence-corrected chi connectivity index (χ4v) is 1.90. The van der Waals surface area contributed by atoms with Crippen molar-refractivity contribution in [1.29, 1.82) is 0 Å². The molecule has 1 heterocycles. The Balaban J connectivity index is 2.39. The molecule has 5 nitrogen and oxygen atoms in total. The van der Waals surface area contributed by atoms with Gasteiger partial charge in [-0.05, 0) is 30.7 Å². The van der Waals surface area contributed by atoms with Crippen molar-refractivity contribution >= 4 is 12.3 Å². The largest absolute Gasteiger partial charge is 0.465 e. The van der Waals surface area contributed by atoms with Crippen molar-refractivity contribution in [2.24, 2.45) is 0 Å². The predicted molar refractivity (Wildman–Crippen MR) is 69.2 cm³/mol. The van der Waals surface area contributed by atoms with Gasteiger partial charge in [-0.25, -0.2) is 9.18 Å². The number of methoxy groups -OCH3 is 1. The first-order chi connectivity index (χ1) is 9.55. The maximum absolute atomic E-state index is 13.2. The second-order valence-electron chi connectivity index (χ2n) is 4.28. The van der Waals surface area contributed by atoms with Crippen LogP contribution in [0.15, 0.2) is 24.3 Å². The Kier molecular flexibility index (Phi) is 3.93. The number of carbonyl (C=O) groups excluding carboxylic acids is 2. The lowest BCUT2D eigenvalue weighted by Crippen LogP contribution is -2.11. The molecular formula is C14H13FN2O3. The van der Waals surface area contributed by atoms with Gasteiger partial charge in [0.1, 0.15) is 11.5 Å². The Hall–Kier alpha value is -2.50. The van der Waals surface area contributed by atoms with Gasteiger partial charge in [0, 0.05) is 5.69 Å². The molecule has 104 valence electrons. The third-order valence-corrected chi connectivity index (χ3v) is 2.92. The molecule has 0 aliphatic carbocycles. The SMILES string of the molecule is COC(=O)c1cc(F)ccc1Cn1nc(C=O)cc1C. The topological polar surface area (TPSA) is 61.2 Å². The van der Waals surface area contributed by atoms with Gasteiger partial charge in [-0.15, -0.1) is 0 Å². The van der Waals surface area contributed by atoms with Crippen molar-refractivity contribution in [3.63, 3.8) is 0 Å². The summed E-state index contributed by atoms with van der Waals surface area (Å²) in [7, 11) is 1.24. The molecule has 0 saturated heterocycles. The number of nitrogens with zero attached hydrogens (tertiary/aromatic N) is 2. The quantitative estimate of drug-likeness (QED) is 0.633. The molecule has 0 radical (unpaired) electrons. The minimum absolute atomic E-state index is 0.148. The van der Waals surface area contributed by atoms with E-state index in [9.17, 15) is 14.0 Å². The summed E-state index contributed by atoms with van der Waals surface area (Å²) in [5, 5.41) is 4.08. The third kappa shape index (κ3) is 2.74. The number of rotatable bonds is 4. The maximum Gasteiger partial charge on any atom is 0.338 e. The van der Waals surface area contributed by atoms with Crippen LogP contribution in [0.1, 0.15) is 32.1 Å². The number of hydrogen-bond acceptors (Lipinski definition) is 4. The van der Waals surface area contributed by atoms with Gasteiger partial charge in [-0.1, -0.05) is 6.07 Å². The molecule has 0 fully saturated rings. The van der Waals surface area contributed by atoms with Crippen LogP contribution in [0, 0.1) is 12.7 Å². The normalized spacial score (nSPS) is 10.3. The van der Waals surface area contributed by atoms with E-state index < -0.39 is 11.8 Å². The van der Waals surface area contributed by atoms with Crippen LogP contribution in [0.5, 0.6) is 0 Å². The van der Waals surface area contributed by atoms with Crippen LogP contribution in [0.4, 0.5) is 4.39 Å². The van der Waals surface area contributed by atoms with E-state index in [1.807, 2.05) is 0 Å². The molecule has 0 spiro atoms. The number of halogens is 1. The van der Waals surface area contributed by atoms with Crippen LogP contribution in [-0.4, -0.2) is 29.1 Å². The molecule has 1 aromatic carbocycles. The van der Waals surface area contributed by atoms with Crippen molar-refractivity contribution < 1.29 is 18.7 Å². The average Bonchev–Trinajstić information content (AvgIpc) is 2.80. The zero-order valence-electron chi connectivity index (χ0n) is 11.1. The van der Waals surface area contributed by atoms with E-state index in [0.717, 1.165) is 11.8 Å². The molecular weight excluding hydrogens is 263 g/mol. The maximum atomic E-state index is 13.2. The van der Waals surface area contributed by atoms with Crippen molar-refractivity contribution in [3.05, 3.63) is 52.6 Å². The standard InChI is InChI=1S/C14H13FN2O3/c1-9-5-12(8-18)16-17(9)7-10-3-4-11(15)6-13(10)14(19)20-2/h3-6,8H,7H2,1-2H3. The molecule has 2 rings (SSSR count). The number of hydrogen-bond donors (Lipinski definition) is 0. The molecule has 0 bridgehead atoms. The second kappa shape index (κ2) is 5.64. The summed E-state index contributed by atoms with van der Waals surface area (Å²) in [6, 6.07) is 5.53. The molecule has 0 amide bonds. The number of aromatic nitrogens is 2. The summed E-state index contributed by atoms with van der Waals surface area (Å²) in [5.74, 6) is -1.13. The highest BCUT2D eigenvalue weighted by atomic mass is 19.1. The molecule has 0 aliphatic rings. The van der Waals surface area contributed by atoms with Gasteiger partial charge in [0.2, 0.25) is 0 Å². The van der Waals surface area contributed by atoms with Gasteiger partial charge in [0.05, 0.1) is 19.2 Å². The number of benzene rings is 1. The van der Waals surface area contributed by atoms with Crippen molar-refractivity contribution in [2.75, 3.05) is 7.11 Å². The van der Waals surface area contributed by atoms with Gasteiger partial charge in [-0.3, -0.25) is 9.48 Å². The van der Waals surface area contributed by atoms with E-state index >= 15 is 0 Å². The van der Waals surface area contributed by atoms with Crippen LogP contribution in [0.3, 0.4) is 0 Å². The number of carbonyl (C=O) groups is 2. The molecule has 6 heteroatoms. The van der Waals surface area contributed by atoms with E-state index in [2.05, 4.69) is 9.84 Å². The number of esters is 1. The van der Waals surface area contributed by atoms with E-state index in [1.54, 1.807) is 17.7 Å². The fraction of sp³-hybridized carbons (Fsp3) is 0.214. The van der Waals surface area contributed by atoms with Crippen LogP contribution in [0.2, 0.25) is 0 Å². The van der Waals surface area contributed by atoms with Crippen molar-refractivity contribution in [1.82, 2.24) is 9.78 Å². The number of aryl methyl sites for hydroxylation is 1. The lowest BCUT2D eigenvalue weighted by atomic mass is 10.1. The van der Waals surface area contributed by atoms with Crippen molar-refractivity contribution in [3.8, 4) is 0 Å². The third-order valence-electron chi connectivity index (χ3n) is 2.92. The van der Waals surface area contributed by atoms with Crippen molar-refractivity contribution in [2.45, 2.75) is 13.5 Å². The molecule has 20 heavy (non-hydrogen) atoms. The Bertz CT molecular complexity index is 664. The number of aldehydes is 1. The van der Waals surface area contributed by atoms with E-state index in [0.29, 0.717) is 17.5 Å². The molecule has 0 aliphatic heterocycles. The first-order valence-corrected chi connectivity index (χ1v) is 5.91. The molecule has 0 saturated carbocycles. The number of ether oxygens (including phenoxy) is 1. The lowest BCUT2D eigenvalue weighted by molar-refractivity contribution is 0.0598. The molecule has 0 atom stereocenters. The fourth-order valence-electron chi connectivity index (χ4n) is 1.90. The predicted octanol–water partition coefficient (Wildman–Crippen LogP) is 1.98. The Morgan fingerprint density at radius 2 is 2.20 bits per heavy atom. The van der Waals surface area contributed by atoms with Crippen LogP contribution in [-0.2, 0) is 11.3 Å². The van der Waals surface area contributed by atoms with Gasteiger partial charge < -0.3 is 4.74 Å². The summed E-state index contributed by atoms with van der Waals surface area (Å²) in [4.78, 5) is 22.3.